The van der Waals surface area contributed by atoms with Crippen LogP contribution in [0.2, 0.25) is 0 Å². The average molecular weight is 603 g/mol. The van der Waals surface area contributed by atoms with Gasteiger partial charge in [0.25, 0.3) is 5.56 Å². The fourth-order valence-electron chi connectivity index (χ4n) is 5.23. The molecule has 13 nitrogen and oxygen atoms in total. The number of rotatable bonds is 14. The van der Waals surface area contributed by atoms with E-state index >= 15 is 0 Å². The number of nitrogens with one attached hydrogen (secondary N) is 1. The lowest BCUT2D eigenvalue weighted by molar-refractivity contribution is -0.735. The molecule has 3 aromatic rings. The van der Waals surface area contributed by atoms with Crippen LogP contribution in [0.4, 0.5) is 0 Å². The number of H-pyrrole nitrogens is 1. The van der Waals surface area contributed by atoms with Crippen molar-refractivity contribution < 1.29 is 27.7 Å². The highest BCUT2D eigenvalue weighted by molar-refractivity contribution is 7.89. The molecule has 1 aromatic carbocycles. The number of aldehydes is 1. The van der Waals surface area contributed by atoms with Crippen LogP contribution in [-0.2, 0) is 27.8 Å². The number of aromatic amines is 1. The molecule has 0 atom stereocenters. The van der Waals surface area contributed by atoms with E-state index < -0.39 is 15.6 Å². The first-order valence-corrected chi connectivity index (χ1v) is 15.6. The zero-order valence-electron chi connectivity index (χ0n) is 24.3. The summed E-state index contributed by atoms with van der Waals surface area (Å²) in [7, 11) is -3.89. The molecule has 0 unspecified atom stereocenters. The van der Waals surface area contributed by atoms with Crippen LogP contribution in [0.5, 0.6) is 5.75 Å². The van der Waals surface area contributed by atoms with Crippen LogP contribution >= 0.6 is 0 Å². The summed E-state index contributed by atoms with van der Waals surface area (Å²) in [6, 6.07) is 4.57. The van der Waals surface area contributed by atoms with Gasteiger partial charge < -0.3 is 19.1 Å². The Morgan fingerprint density at radius 3 is 2.50 bits per heavy atom. The van der Waals surface area contributed by atoms with Crippen molar-refractivity contribution in [3.8, 4) is 17.1 Å². The van der Waals surface area contributed by atoms with Gasteiger partial charge in [-0.25, -0.2) is 13.4 Å². The maximum atomic E-state index is 13.7. The highest BCUT2D eigenvalue weighted by atomic mass is 32.2. The Labute approximate surface area is 245 Å². The molecule has 14 heteroatoms. The van der Waals surface area contributed by atoms with Crippen molar-refractivity contribution in [3.63, 3.8) is 0 Å². The summed E-state index contributed by atoms with van der Waals surface area (Å²) >= 11 is 0. The molecule has 0 spiro atoms. The van der Waals surface area contributed by atoms with Gasteiger partial charge in [0.05, 0.1) is 29.4 Å². The number of carbonyl (C=O) groups excluding carboxylic acids is 1. The lowest BCUT2D eigenvalue weighted by Crippen LogP contribution is -2.49. The fourth-order valence-corrected chi connectivity index (χ4v) is 6.68. The molecule has 1 aliphatic rings. The third kappa shape index (κ3) is 6.35. The van der Waals surface area contributed by atoms with Gasteiger partial charge in [0.2, 0.25) is 10.0 Å². The maximum Gasteiger partial charge on any atom is 0.275 e. The monoisotopic (exact) mass is 602 g/mol. The summed E-state index contributed by atoms with van der Waals surface area (Å²) in [4.78, 5) is 40.0. The molecule has 0 amide bonds. The smallest absolute Gasteiger partial charge is 0.275 e. The Balaban J connectivity index is 1.74. The van der Waals surface area contributed by atoms with E-state index in [1.807, 2.05) is 25.7 Å². The summed E-state index contributed by atoms with van der Waals surface area (Å²) < 4.78 is 36.4. The van der Waals surface area contributed by atoms with Gasteiger partial charge in [0, 0.05) is 49.7 Å². The molecule has 0 bridgehead atoms. The third-order valence-electron chi connectivity index (χ3n) is 7.26. The fraction of sp³-hybridized carbons (Fsp3) is 0.500. The minimum atomic E-state index is -3.89. The molecule has 1 fully saturated rings. The summed E-state index contributed by atoms with van der Waals surface area (Å²) in [5.41, 5.74) is 1.77. The first kappa shape index (κ1) is 31.2. The number of aryl methyl sites for hydroxylation is 2. The topological polar surface area (TPSA) is 153 Å². The van der Waals surface area contributed by atoms with Crippen LogP contribution in [0.1, 0.15) is 49.7 Å². The second-order valence-electron chi connectivity index (χ2n) is 10.0. The SMILES string of the molecule is C=[N+]([O-])OCCN1CCN(S(=O)(=O)c2ccc(OCCC)c(-c3nc4c(CCC)c(C=O)n(CC)c4c(=O)[nH]3)c2)CC1. The van der Waals surface area contributed by atoms with Crippen molar-refractivity contribution in [3.05, 3.63) is 45.0 Å². The number of piperazine rings is 1. The molecular weight excluding hydrogens is 564 g/mol. The van der Waals surface area contributed by atoms with Crippen molar-refractivity contribution in [1.82, 2.24) is 23.7 Å². The first-order chi connectivity index (χ1) is 20.2. The predicted octanol–water partition coefficient (Wildman–Crippen LogP) is 2.41. The second kappa shape index (κ2) is 13.5. The highest BCUT2D eigenvalue weighted by Crippen LogP contribution is 2.33. The van der Waals surface area contributed by atoms with Gasteiger partial charge in [-0.05, 0) is 38.0 Å². The lowest BCUT2D eigenvalue weighted by atomic mass is 10.1. The minimum Gasteiger partial charge on any atom is -0.493 e. The largest absolute Gasteiger partial charge is 0.493 e. The number of nitrogens with zero attached hydrogens (tertiary/aromatic N) is 5. The van der Waals surface area contributed by atoms with Crippen LogP contribution in [0.25, 0.3) is 22.4 Å². The van der Waals surface area contributed by atoms with Gasteiger partial charge in [-0.2, -0.15) is 4.31 Å². The van der Waals surface area contributed by atoms with Crippen LogP contribution in [0, 0.1) is 5.21 Å². The molecule has 0 radical (unpaired) electrons. The van der Waals surface area contributed by atoms with Gasteiger partial charge >= 0.3 is 0 Å². The number of hydrogen-bond acceptors (Lipinski definition) is 9. The van der Waals surface area contributed by atoms with Crippen molar-refractivity contribution in [2.24, 2.45) is 0 Å². The molecule has 42 heavy (non-hydrogen) atoms. The van der Waals surface area contributed by atoms with E-state index in [4.69, 9.17) is 14.6 Å². The molecule has 228 valence electrons. The Bertz CT molecular complexity index is 1610. The Morgan fingerprint density at radius 2 is 1.88 bits per heavy atom. The summed E-state index contributed by atoms with van der Waals surface area (Å²) in [6.07, 6.45) is 2.79. The molecule has 1 N–H and O–H groups in total. The normalized spacial score (nSPS) is 14.7. The molecule has 1 saturated heterocycles. The second-order valence-corrected chi connectivity index (χ2v) is 11.9. The van der Waals surface area contributed by atoms with E-state index in [1.165, 1.54) is 16.4 Å². The van der Waals surface area contributed by atoms with Crippen molar-refractivity contribution in [2.75, 3.05) is 45.9 Å². The lowest BCUT2D eigenvalue weighted by Gasteiger charge is -2.34. The van der Waals surface area contributed by atoms with Crippen molar-refractivity contribution in [2.45, 2.75) is 51.5 Å². The molecule has 4 rings (SSSR count). The molecule has 0 aliphatic carbocycles. The Morgan fingerprint density at radius 1 is 1.14 bits per heavy atom. The van der Waals surface area contributed by atoms with Crippen LogP contribution in [0.3, 0.4) is 0 Å². The van der Waals surface area contributed by atoms with E-state index in [0.29, 0.717) is 72.8 Å². The van der Waals surface area contributed by atoms with Crippen molar-refractivity contribution in [1.29, 1.82) is 0 Å². The summed E-state index contributed by atoms with van der Waals surface area (Å²) in [5, 5.41) is 10.8. The number of aromatic nitrogens is 3. The van der Waals surface area contributed by atoms with E-state index in [2.05, 4.69) is 11.7 Å². The van der Waals surface area contributed by atoms with E-state index in [1.54, 1.807) is 10.6 Å². The quantitative estimate of drug-likeness (QED) is 0.127. The van der Waals surface area contributed by atoms with Gasteiger partial charge in [0.15, 0.2) is 13.0 Å². The Hall–Kier alpha value is -3.75. The first-order valence-electron chi connectivity index (χ1n) is 14.2. The number of benzene rings is 1. The Kier molecular flexibility index (Phi) is 10.0. The maximum absolute atomic E-state index is 13.7. The minimum absolute atomic E-state index is 0.0495. The van der Waals surface area contributed by atoms with Crippen molar-refractivity contribution >= 4 is 34.1 Å². The van der Waals surface area contributed by atoms with Crippen LogP contribution < -0.4 is 10.3 Å². The number of fused-ring (bicyclic) bond motifs is 1. The van der Waals surface area contributed by atoms with E-state index in [0.717, 1.165) is 19.1 Å². The molecular formula is C28H38N6O7S. The zero-order valence-corrected chi connectivity index (χ0v) is 25.1. The van der Waals surface area contributed by atoms with E-state index in [-0.39, 0.29) is 35.3 Å². The van der Waals surface area contributed by atoms with Crippen LogP contribution in [-0.4, -0.2) is 96.0 Å². The predicted molar refractivity (Wildman–Crippen MR) is 159 cm³/mol. The molecule has 1 aliphatic heterocycles. The standard InChI is InChI=1S/C28H38N6O7S/c1-5-8-21-23(19-35)34(7-3)26-25(21)29-27(30-28(26)36)22-18-20(9-10-24(22)40-16-6-2)42(38,39)33-13-11-32(12-14-33)15-17-41-31(4)37/h9-10,18-19H,4-8,11-17H2,1-3H3,(H,29,30,36). The van der Waals surface area contributed by atoms with Gasteiger partial charge in [0.1, 0.15) is 22.6 Å². The highest BCUT2D eigenvalue weighted by Gasteiger charge is 2.30. The molecule has 0 saturated carbocycles. The van der Waals surface area contributed by atoms with Crippen LogP contribution in [0.15, 0.2) is 27.9 Å². The zero-order chi connectivity index (χ0) is 30.4. The average Bonchev–Trinajstić information content (AvgIpc) is 3.29. The van der Waals surface area contributed by atoms with Gasteiger partial charge in [-0.1, -0.05) is 20.3 Å². The van der Waals surface area contributed by atoms with Gasteiger partial charge in [-0.3, -0.25) is 19.7 Å². The number of sulfonamides is 1. The number of hydrogen-bond donors (Lipinski definition) is 1. The number of ether oxygens (including phenoxy) is 1. The summed E-state index contributed by atoms with van der Waals surface area (Å²) in [6.45, 7) is 11.8. The van der Waals surface area contributed by atoms with E-state index in [9.17, 15) is 23.2 Å². The van der Waals surface area contributed by atoms with Gasteiger partial charge in [-0.15, -0.1) is 0 Å². The third-order valence-corrected chi connectivity index (χ3v) is 9.15. The number of carbonyl (C=O) groups is 1. The molecule has 2 aromatic heterocycles. The summed E-state index contributed by atoms with van der Waals surface area (Å²) in [5.74, 6) is 0.560. The molecule has 3 heterocycles.